The highest BCUT2D eigenvalue weighted by Gasteiger charge is 2.05. The molecule has 0 radical (unpaired) electrons. The number of rotatable bonds is 6. The van der Waals surface area contributed by atoms with Gasteiger partial charge in [0.2, 0.25) is 0 Å². The fourth-order valence-corrected chi connectivity index (χ4v) is 2.49. The van der Waals surface area contributed by atoms with Crippen molar-refractivity contribution < 1.29 is 0 Å². The molecule has 17 heavy (non-hydrogen) atoms. The maximum atomic E-state index is 5.36. The third-order valence-corrected chi connectivity index (χ3v) is 3.56. The average molecular weight is 250 g/mol. The van der Waals surface area contributed by atoms with Gasteiger partial charge < -0.3 is 5.73 Å². The summed E-state index contributed by atoms with van der Waals surface area (Å²) in [6, 6.07) is 2.18. The van der Waals surface area contributed by atoms with Crippen molar-refractivity contribution in [1.29, 1.82) is 0 Å². The minimum Gasteiger partial charge on any atom is -0.320 e. The highest BCUT2D eigenvalue weighted by molar-refractivity contribution is 7.10. The van der Waals surface area contributed by atoms with E-state index in [1.54, 1.807) is 11.3 Å². The SMILES string of the molecule is CCCCN(CC)Cc1cc(C#CCN)cs1. The first-order valence-corrected chi connectivity index (χ1v) is 7.16. The second kappa shape index (κ2) is 8.30. The zero-order chi connectivity index (χ0) is 12.5. The molecular formula is C14H22N2S. The quantitative estimate of drug-likeness (QED) is 0.787. The van der Waals surface area contributed by atoms with Crippen molar-refractivity contribution in [3.8, 4) is 11.8 Å². The van der Waals surface area contributed by atoms with Crippen molar-refractivity contribution in [2.45, 2.75) is 33.2 Å². The summed E-state index contributed by atoms with van der Waals surface area (Å²) in [6.45, 7) is 8.24. The Morgan fingerprint density at radius 1 is 1.41 bits per heavy atom. The van der Waals surface area contributed by atoms with Gasteiger partial charge in [0, 0.05) is 22.4 Å². The van der Waals surface area contributed by atoms with E-state index in [9.17, 15) is 0 Å². The van der Waals surface area contributed by atoms with Crippen LogP contribution in [-0.2, 0) is 6.54 Å². The summed E-state index contributed by atoms with van der Waals surface area (Å²) < 4.78 is 0. The molecule has 2 N–H and O–H groups in total. The van der Waals surface area contributed by atoms with Gasteiger partial charge in [-0.1, -0.05) is 32.1 Å². The van der Waals surface area contributed by atoms with Gasteiger partial charge in [-0.3, -0.25) is 4.90 Å². The van der Waals surface area contributed by atoms with Crippen LogP contribution in [0.1, 0.15) is 37.1 Å². The van der Waals surface area contributed by atoms with Crippen molar-refractivity contribution in [3.05, 3.63) is 21.9 Å². The fraction of sp³-hybridized carbons (Fsp3) is 0.571. The second-order valence-corrected chi connectivity index (χ2v) is 5.03. The molecule has 0 fully saturated rings. The highest BCUT2D eigenvalue weighted by Crippen LogP contribution is 2.16. The number of hydrogen-bond acceptors (Lipinski definition) is 3. The Labute approximate surface area is 109 Å². The molecule has 3 heteroatoms. The largest absolute Gasteiger partial charge is 0.320 e. The van der Waals surface area contributed by atoms with Crippen LogP contribution in [0.15, 0.2) is 11.4 Å². The molecular weight excluding hydrogens is 228 g/mol. The maximum absolute atomic E-state index is 5.36. The van der Waals surface area contributed by atoms with Gasteiger partial charge in [-0.2, -0.15) is 0 Å². The number of unbranched alkanes of at least 4 members (excludes halogenated alkanes) is 1. The Bertz CT molecular complexity index is 373. The number of hydrogen-bond donors (Lipinski definition) is 1. The lowest BCUT2D eigenvalue weighted by atomic mass is 10.2. The molecule has 0 aromatic carbocycles. The van der Waals surface area contributed by atoms with E-state index in [-0.39, 0.29) is 0 Å². The van der Waals surface area contributed by atoms with Gasteiger partial charge in [-0.15, -0.1) is 11.3 Å². The van der Waals surface area contributed by atoms with Crippen LogP contribution in [0.4, 0.5) is 0 Å². The third-order valence-electron chi connectivity index (χ3n) is 2.64. The van der Waals surface area contributed by atoms with E-state index < -0.39 is 0 Å². The van der Waals surface area contributed by atoms with Crippen molar-refractivity contribution in [2.75, 3.05) is 19.6 Å². The minimum absolute atomic E-state index is 0.433. The summed E-state index contributed by atoms with van der Waals surface area (Å²) in [5, 5.41) is 2.12. The Hall–Kier alpha value is -0.820. The van der Waals surface area contributed by atoms with Crippen LogP contribution in [0.2, 0.25) is 0 Å². The second-order valence-electron chi connectivity index (χ2n) is 4.03. The van der Waals surface area contributed by atoms with Crippen molar-refractivity contribution >= 4 is 11.3 Å². The first-order chi connectivity index (χ1) is 8.30. The van der Waals surface area contributed by atoms with Crippen molar-refractivity contribution in [2.24, 2.45) is 5.73 Å². The van der Waals surface area contributed by atoms with Gasteiger partial charge in [-0.25, -0.2) is 0 Å². The number of nitrogens with two attached hydrogens (primary N) is 1. The minimum atomic E-state index is 0.433. The predicted octanol–water partition coefficient (Wildman–Crippen LogP) is 2.68. The zero-order valence-corrected chi connectivity index (χ0v) is 11.6. The Kier molecular flexibility index (Phi) is 6.95. The summed E-state index contributed by atoms with van der Waals surface area (Å²) in [4.78, 5) is 3.87. The molecule has 0 aliphatic heterocycles. The van der Waals surface area contributed by atoms with Crippen molar-refractivity contribution in [1.82, 2.24) is 4.90 Å². The van der Waals surface area contributed by atoms with Gasteiger partial charge >= 0.3 is 0 Å². The molecule has 0 saturated heterocycles. The lowest BCUT2D eigenvalue weighted by Gasteiger charge is -2.18. The predicted molar refractivity (Wildman–Crippen MR) is 76.1 cm³/mol. The smallest absolute Gasteiger partial charge is 0.0555 e. The topological polar surface area (TPSA) is 29.3 Å². The van der Waals surface area contributed by atoms with Gasteiger partial charge in [0.25, 0.3) is 0 Å². The number of thiophene rings is 1. The summed E-state index contributed by atoms with van der Waals surface area (Å²) in [7, 11) is 0. The van der Waals surface area contributed by atoms with Crippen LogP contribution in [0.5, 0.6) is 0 Å². The first kappa shape index (κ1) is 14.2. The molecule has 0 saturated carbocycles. The first-order valence-electron chi connectivity index (χ1n) is 6.28. The highest BCUT2D eigenvalue weighted by atomic mass is 32.1. The monoisotopic (exact) mass is 250 g/mol. The van der Waals surface area contributed by atoms with E-state index in [1.807, 2.05) is 0 Å². The molecule has 94 valence electrons. The van der Waals surface area contributed by atoms with E-state index in [2.05, 4.69) is 42.0 Å². The summed E-state index contributed by atoms with van der Waals surface area (Å²) in [5.41, 5.74) is 6.46. The number of nitrogens with zero attached hydrogens (tertiary/aromatic N) is 1. The molecule has 0 unspecified atom stereocenters. The maximum Gasteiger partial charge on any atom is 0.0555 e. The molecule has 0 aliphatic rings. The van der Waals surface area contributed by atoms with Crippen LogP contribution >= 0.6 is 11.3 Å². The van der Waals surface area contributed by atoms with E-state index in [1.165, 1.54) is 24.3 Å². The average Bonchev–Trinajstić information content (AvgIpc) is 2.79. The molecule has 1 aromatic rings. The normalized spacial score (nSPS) is 10.4. The zero-order valence-electron chi connectivity index (χ0n) is 10.8. The van der Waals surface area contributed by atoms with Crippen LogP contribution in [0.25, 0.3) is 0 Å². The molecule has 1 rings (SSSR count). The molecule has 1 aromatic heterocycles. The molecule has 2 nitrogen and oxygen atoms in total. The van der Waals surface area contributed by atoms with Crippen LogP contribution in [0.3, 0.4) is 0 Å². The van der Waals surface area contributed by atoms with Gasteiger partial charge in [0.1, 0.15) is 0 Å². The van der Waals surface area contributed by atoms with E-state index >= 15 is 0 Å². The third kappa shape index (κ3) is 5.36. The van der Waals surface area contributed by atoms with E-state index in [0.717, 1.165) is 18.7 Å². The Morgan fingerprint density at radius 3 is 2.88 bits per heavy atom. The lowest BCUT2D eigenvalue weighted by Crippen LogP contribution is -2.23. The molecule has 0 bridgehead atoms. The van der Waals surface area contributed by atoms with Crippen LogP contribution < -0.4 is 5.73 Å². The van der Waals surface area contributed by atoms with Crippen LogP contribution in [0, 0.1) is 11.8 Å². The van der Waals surface area contributed by atoms with Gasteiger partial charge in [-0.05, 0) is 25.6 Å². The van der Waals surface area contributed by atoms with Crippen molar-refractivity contribution in [3.63, 3.8) is 0 Å². The molecule has 0 amide bonds. The summed E-state index contributed by atoms with van der Waals surface area (Å²) in [5.74, 6) is 5.97. The summed E-state index contributed by atoms with van der Waals surface area (Å²) >= 11 is 1.79. The lowest BCUT2D eigenvalue weighted by molar-refractivity contribution is 0.278. The fourth-order valence-electron chi connectivity index (χ4n) is 1.63. The molecule has 1 heterocycles. The van der Waals surface area contributed by atoms with E-state index in [0.29, 0.717) is 6.54 Å². The summed E-state index contributed by atoms with van der Waals surface area (Å²) in [6.07, 6.45) is 2.53. The van der Waals surface area contributed by atoms with Gasteiger partial charge in [0.15, 0.2) is 0 Å². The Morgan fingerprint density at radius 2 is 2.24 bits per heavy atom. The van der Waals surface area contributed by atoms with Crippen LogP contribution in [-0.4, -0.2) is 24.5 Å². The Balaban J connectivity index is 2.51. The van der Waals surface area contributed by atoms with Gasteiger partial charge in [0.05, 0.1) is 6.54 Å². The standard InChI is InChI=1S/C14H22N2S/c1-3-5-9-16(4-2)11-14-10-13(12-17-14)7-6-8-15/h10,12H,3-5,8-9,11,15H2,1-2H3. The van der Waals surface area contributed by atoms with E-state index in [4.69, 9.17) is 5.73 Å². The molecule has 0 spiro atoms. The molecule has 0 aliphatic carbocycles. The molecule has 0 atom stereocenters.